The third-order valence-electron chi connectivity index (χ3n) is 5.38. The van der Waals surface area contributed by atoms with Crippen LogP contribution in [0, 0.1) is 11.3 Å². The Balaban J connectivity index is 2.14. The van der Waals surface area contributed by atoms with Gasteiger partial charge >= 0.3 is 0 Å². The fourth-order valence-electron chi connectivity index (χ4n) is 3.79. The second-order valence-corrected chi connectivity index (χ2v) is 10.1. The van der Waals surface area contributed by atoms with E-state index < -0.39 is 16.9 Å². The molecule has 0 radical (unpaired) electrons. The van der Waals surface area contributed by atoms with Gasteiger partial charge in [0.2, 0.25) is 11.8 Å². The summed E-state index contributed by atoms with van der Waals surface area (Å²) in [6.07, 6.45) is 3.46. The monoisotopic (exact) mass is 344 g/mol. The lowest BCUT2D eigenvalue weighted by Gasteiger charge is -2.33. The van der Waals surface area contributed by atoms with Crippen LogP contribution in [0.2, 0.25) is 0 Å². The molecule has 0 spiro atoms. The van der Waals surface area contributed by atoms with Gasteiger partial charge in [0.15, 0.2) is 0 Å². The van der Waals surface area contributed by atoms with Crippen LogP contribution >= 0.6 is 9.24 Å². The van der Waals surface area contributed by atoms with Gasteiger partial charge in [-0.15, -0.1) is 9.24 Å². The molecule has 2 aliphatic rings. The highest BCUT2D eigenvalue weighted by Gasteiger charge is 2.50. The summed E-state index contributed by atoms with van der Waals surface area (Å²) < 4.78 is 14.6. The van der Waals surface area contributed by atoms with Gasteiger partial charge in [0, 0.05) is 13.1 Å². The van der Waals surface area contributed by atoms with Crippen LogP contribution in [0.1, 0.15) is 53.9 Å². The Kier molecular flexibility index (Phi) is 4.85. The topological polar surface area (TPSA) is 49.4 Å². The van der Waals surface area contributed by atoms with E-state index in [0.717, 1.165) is 12.8 Å². The molecule has 1 saturated heterocycles. The zero-order valence-corrected chi connectivity index (χ0v) is 16.1. The number of rotatable bonds is 4. The van der Waals surface area contributed by atoms with Crippen molar-refractivity contribution in [3.8, 4) is 0 Å². The largest absolute Gasteiger partial charge is 0.341 e. The number of hydrogen-bond donors (Lipinski definition) is 1. The highest BCUT2D eigenvalue weighted by molar-refractivity contribution is 7.20. The molecule has 1 saturated carbocycles. The summed E-state index contributed by atoms with van der Waals surface area (Å²) in [4.78, 5) is 26.9. The van der Waals surface area contributed by atoms with Crippen LogP contribution in [-0.4, -0.2) is 46.7 Å². The van der Waals surface area contributed by atoms with Gasteiger partial charge in [-0.2, -0.15) is 0 Å². The molecule has 2 amide bonds. The Morgan fingerprint density at radius 2 is 1.96 bits per heavy atom. The number of likely N-dealkylation sites (tertiary alicyclic amines) is 1. The minimum Gasteiger partial charge on any atom is -0.341 e. The van der Waals surface area contributed by atoms with E-state index in [0.29, 0.717) is 19.0 Å². The Labute approximate surface area is 141 Å². The average Bonchev–Trinajstić information content (AvgIpc) is 2.86. The average molecular weight is 344 g/mol. The van der Waals surface area contributed by atoms with Gasteiger partial charge < -0.3 is 10.2 Å². The van der Waals surface area contributed by atoms with E-state index in [9.17, 15) is 14.0 Å². The molecular weight excluding hydrogens is 314 g/mol. The Hall–Kier alpha value is -0.700. The lowest BCUT2D eigenvalue weighted by molar-refractivity contribution is -0.140. The van der Waals surface area contributed by atoms with Crippen molar-refractivity contribution in [2.24, 2.45) is 11.3 Å². The predicted molar refractivity (Wildman–Crippen MR) is 92.9 cm³/mol. The first kappa shape index (κ1) is 18.6. The summed E-state index contributed by atoms with van der Waals surface area (Å²) in [5.41, 5.74) is -1.65. The van der Waals surface area contributed by atoms with Crippen molar-refractivity contribution in [1.29, 1.82) is 0 Å². The highest BCUT2D eigenvalue weighted by atomic mass is 31.0. The standard InChI is InChI=1S/C17H30FN2O2P/c1-15(2,18)12(19-14(22)16(3,4)23)13(21)20-9-11-7-6-8-17(11,5)10-20/h11-12H,6-10,23H2,1-5H3,(H,19,22)/t11-,12-,17+/m1/s1. The zero-order chi connectivity index (χ0) is 17.6. The third kappa shape index (κ3) is 3.87. The normalized spacial score (nSPS) is 29.3. The number of alkyl halides is 1. The smallest absolute Gasteiger partial charge is 0.248 e. The van der Waals surface area contributed by atoms with E-state index in [-0.39, 0.29) is 17.2 Å². The number of nitrogens with zero attached hydrogens (tertiary/aromatic N) is 1. The van der Waals surface area contributed by atoms with Gasteiger partial charge in [0.1, 0.15) is 11.7 Å². The van der Waals surface area contributed by atoms with E-state index in [1.54, 1.807) is 18.7 Å². The van der Waals surface area contributed by atoms with Gasteiger partial charge in [-0.25, -0.2) is 4.39 Å². The molecule has 1 N–H and O–H groups in total. The maximum atomic E-state index is 14.6. The third-order valence-corrected chi connectivity index (χ3v) is 5.65. The number of carbonyl (C=O) groups is 2. The molecule has 2 fully saturated rings. The first-order valence-corrected chi connectivity index (χ1v) is 9.00. The van der Waals surface area contributed by atoms with Crippen molar-refractivity contribution in [2.75, 3.05) is 13.1 Å². The molecule has 0 aromatic heterocycles. The lowest BCUT2D eigenvalue weighted by Crippen LogP contribution is -2.59. The van der Waals surface area contributed by atoms with E-state index in [2.05, 4.69) is 21.5 Å². The summed E-state index contributed by atoms with van der Waals surface area (Å²) in [5.74, 6) is -0.128. The zero-order valence-electron chi connectivity index (χ0n) is 14.9. The van der Waals surface area contributed by atoms with Crippen LogP contribution in [0.4, 0.5) is 4.39 Å². The van der Waals surface area contributed by atoms with Crippen LogP contribution in [-0.2, 0) is 9.59 Å². The SMILES string of the molecule is CC(C)(P)C(=O)N[C@H](C(=O)N1C[C@H]2CCC[C@@]2(C)C1)C(C)(C)F. The van der Waals surface area contributed by atoms with Crippen molar-refractivity contribution in [2.45, 2.75) is 70.7 Å². The number of halogens is 1. The second-order valence-electron chi connectivity index (χ2n) is 8.65. The number of fused-ring (bicyclic) bond motifs is 1. The van der Waals surface area contributed by atoms with E-state index in [4.69, 9.17) is 0 Å². The summed E-state index contributed by atoms with van der Waals surface area (Å²) in [6, 6.07) is -1.14. The summed E-state index contributed by atoms with van der Waals surface area (Å²) in [7, 11) is 2.43. The van der Waals surface area contributed by atoms with Crippen molar-refractivity contribution in [1.82, 2.24) is 10.2 Å². The highest BCUT2D eigenvalue weighted by Crippen LogP contribution is 2.48. The number of amides is 2. The molecule has 1 aliphatic heterocycles. The molecule has 1 aliphatic carbocycles. The molecule has 1 unspecified atom stereocenters. The second kappa shape index (κ2) is 5.98. The maximum absolute atomic E-state index is 14.6. The molecule has 2 rings (SSSR count). The van der Waals surface area contributed by atoms with Crippen LogP contribution in [0.3, 0.4) is 0 Å². The Morgan fingerprint density at radius 1 is 1.35 bits per heavy atom. The molecule has 6 heteroatoms. The molecule has 23 heavy (non-hydrogen) atoms. The molecule has 0 aromatic rings. The fraction of sp³-hybridized carbons (Fsp3) is 0.882. The van der Waals surface area contributed by atoms with Gasteiger partial charge in [-0.1, -0.05) is 13.3 Å². The van der Waals surface area contributed by atoms with E-state index >= 15 is 0 Å². The van der Waals surface area contributed by atoms with Crippen molar-refractivity contribution in [3.05, 3.63) is 0 Å². The van der Waals surface area contributed by atoms with Crippen LogP contribution < -0.4 is 5.32 Å². The number of nitrogens with one attached hydrogen (secondary N) is 1. The molecule has 4 nitrogen and oxygen atoms in total. The summed E-state index contributed by atoms with van der Waals surface area (Å²) in [6.45, 7) is 9.72. The van der Waals surface area contributed by atoms with Gasteiger partial charge in [-0.05, 0) is 51.9 Å². The first-order valence-electron chi connectivity index (χ1n) is 8.42. The Bertz CT molecular complexity index is 498. The molecule has 0 bridgehead atoms. The first-order chi connectivity index (χ1) is 10.3. The molecular formula is C17H30FN2O2P. The fourth-order valence-corrected chi connectivity index (χ4v) is 3.87. The molecule has 1 heterocycles. The maximum Gasteiger partial charge on any atom is 0.248 e. The molecule has 132 valence electrons. The minimum absolute atomic E-state index is 0.157. The summed E-state index contributed by atoms with van der Waals surface area (Å²) in [5, 5.41) is 1.89. The van der Waals surface area contributed by atoms with Crippen molar-refractivity contribution >= 4 is 21.1 Å². The van der Waals surface area contributed by atoms with Gasteiger partial charge in [-0.3, -0.25) is 9.59 Å². The van der Waals surface area contributed by atoms with Gasteiger partial charge in [0.05, 0.1) is 5.16 Å². The molecule has 0 aromatic carbocycles. The Morgan fingerprint density at radius 3 is 2.43 bits per heavy atom. The predicted octanol–water partition coefficient (Wildman–Crippen LogP) is 2.52. The number of hydrogen-bond acceptors (Lipinski definition) is 2. The summed E-state index contributed by atoms with van der Waals surface area (Å²) >= 11 is 0. The van der Waals surface area contributed by atoms with Gasteiger partial charge in [0.25, 0.3) is 0 Å². The van der Waals surface area contributed by atoms with Crippen LogP contribution in [0.15, 0.2) is 0 Å². The van der Waals surface area contributed by atoms with Crippen LogP contribution in [0.5, 0.6) is 0 Å². The quantitative estimate of drug-likeness (QED) is 0.797. The molecule has 4 atom stereocenters. The van der Waals surface area contributed by atoms with Crippen molar-refractivity contribution in [3.63, 3.8) is 0 Å². The lowest BCUT2D eigenvalue weighted by atomic mass is 9.83. The van der Waals surface area contributed by atoms with E-state index in [1.165, 1.54) is 20.3 Å². The minimum atomic E-state index is -1.80. The van der Waals surface area contributed by atoms with Crippen LogP contribution in [0.25, 0.3) is 0 Å². The number of carbonyl (C=O) groups excluding carboxylic acids is 2. The van der Waals surface area contributed by atoms with E-state index in [1.807, 2.05) is 0 Å². The van der Waals surface area contributed by atoms with Crippen molar-refractivity contribution < 1.29 is 14.0 Å².